The van der Waals surface area contributed by atoms with Gasteiger partial charge in [-0.1, -0.05) is 6.07 Å². The molecule has 0 amide bonds. The number of rotatable bonds is 2. The second-order valence-corrected chi connectivity index (χ2v) is 4.32. The molecular formula is C12H12N2O2. The Morgan fingerprint density at radius 2 is 2.25 bits per heavy atom. The summed E-state index contributed by atoms with van der Waals surface area (Å²) in [7, 11) is 0. The maximum atomic E-state index is 12.1. The summed E-state index contributed by atoms with van der Waals surface area (Å²) in [5.41, 5.74) is 0.326. The zero-order chi connectivity index (χ0) is 11.1. The fourth-order valence-corrected chi connectivity index (χ4v) is 1.88. The quantitative estimate of drug-likeness (QED) is 0.827. The van der Waals surface area contributed by atoms with Gasteiger partial charge in [-0.3, -0.25) is 9.36 Å². The lowest BCUT2D eigenvalue weighted by Gasteiger charge is -2.05. The number of nitrogens with zero attached hydrogens (tertiary/aromatic N) is 2. The fourth-order valence-electron chi connectivity index (χ4n) is 1.88. The molecule has 0 aliphatic heterocycles. The van der Waals surface area contributed by atoms with Crippen molar-refractivity contribution in [3.05, 3.63) is 34.9 Å². The average Bonchev–Trinajstić information content (AvgIpc) is 3.07. The van der Waals surface area contributed by atoms with Crippen molar-refractivity contribution in [2.45, 2.75) is 19.4 Å². The number of hydrogen-bond donors (Lipinski definition) is 1. The van der Waals surface area contributed by atoms with Gasteiger partial charge in [-0.05, 0) is 30.9 Å². The van der Waals surface area contributed by atoms with Crippen molar-refractivity contribution >= 4 is 10.9 Å². The third-order valence-electron chi connectivity index (χ3n) is 2.98. The van der Waals surface area contributed by atoms with Crippen LogP contribution >= 0.6 is 0 Å². The van der Waals surface area contributed by atoms with Crippen LogP contribution in [-0.2, 0) is 6.54 Å². The van der Waals surface area contributed by atoms with Gasteiger partial charge in [-0.15, -0.1) is 0 Å². The highest BCUT2D eigenvalue weighted by atomic mass is 16.3. The van der Waals surface area contributed by atoms with Gasteiger partial charge < -0.3 is 5.11 Å². The van der Waals surface area contributed by atoms with Crippen molar-refractivity contribution in [2.75, 3.05) is 0 Å². The molecule has 2 aromatic rings. The molecule has 0 bridgehead atoms. The van der Waals surface area contributed by atoms with E-state index in [1.165, 1.54) is 19.2 Å². The third kappa shape index (κ3) is 1.46. The molecule has 0 atom stereocenters. The van der Waals surface area contributed by atoms with Gasteiger partial charge in [-0.2, -0.15) is 0 Å². The van der Waals surface area contributed by atoms with Gasteiger partial charge in [0.15, 0.2) is 0 Å². The second-order valence-electron chi connectivity index (χ2n) is 4.32. The van der Waals surface area contributed by atoms with Crippen LogP contribution in [0.5, 0.6) is 5.75 Å². The Morgan fingerprint density at radius 3 is 3.00 bits per heavy atom. The standard InChI is InChI=1S/C12H12N2O2/c15-10-3-1-2-9-11(10)13-7-14(12(9)16)6-8-4-5-8/h1-3,7-8,15H,4-6H2. The number of aromatic nitrogens is 2. The summed E-state index contributed by atoms with van der Waals surface area (Å²) in [5.74, 6) is 0.697. The molecule has 0 spiro atoms. The van der Waals surface area contributed by atoms with E-state index in [4.69, 9.17) is 0 Å². The molecule has 1 N–H and O–H groups in total. The molecule has 1 aliphatic carbocycles. The molecule has 1 aliphatic rings. The van der Waals surface area contributed by atoms with Gasteiger partial charge in [0.25, 0.3) is 5.56 Å². The molecule has 82 valence electrons. The van der Waals surface area contributed by atoms with Crippen molar-refractivity contribution in [2.24, 2.45) is 5.92 Å². The van der Waals surface area contributed by atoms with Gasteiger partial charge in [0, 0.05) is 6.54 Å². The van der Waals surface area contributed by atoms with Crippen LogP contribution in [0, 0.1) is 5.92 Å². The first-order chi connectivity index (χ1) is 7.75. The van der Waals surface area contributed by atoms with Crippen LogP contribution in [0.25, 0.3) is 10.9 Å². The lowest BCUT2D eigenvalue weighted by Crippen LogP contribution is -2.21. The van der Waals surface area contributed by atoms with Crippen LogP contribution in [-0.4, -0.2) is 14.7 Å². The summed E-state index contributed by atoms with van der Waals surface area (Å²) < 4.78 is 1.64. The molecule has 16 heavy (non-hydrogen) atoms. The Balaban J connectivity index is 2.19. The van der Waals surface area contributed by atoms with E-state index in [0.29, 0.717) is 16.8 Å². The van der Waals surface area contributed by atoms with E-state index in [1.54, 1.807) is 22.8 Å². The maximum Gasteiger partial charge on any atom is 0.261 e. The number of fused-ring (bicyclic) bond motifs is 1. The molecule has 3 rings (SSSR count). The van der Waals surface area contributed by atoms with Gasteiger partial charge >= 0.3 is 0 Å². The molecule has 1 aromatic heterocycles. The summed E-state index contributed by atoms with van der Waals surface area (Å²) in [5, 5.41) is 10.1. The van der Waals surface area contributed by atoms with Crippen molar-refractivity contribution in [3.8, 4) is 5.75 Å². The third-order valence-corrected chi connectivity index (χ3v) is 2.98. The first-order valence-corrected chi connectivity index (χ1v) is 5.43. The van der Waals surface area contributed by atoms with Crippen LogP contribution in [0.2, 0.25) is 0 Å². The molecule has 4 nitrogen and oxygen atoms in total. The largest absolute Gasteiger partial charge is 0.506 e. The minimum absolute atomic E-state index is 0.0622. The monoisotopic (exact) mass is 216 g/mol. The first-order valence-electron chi connectivity index (χ1n) is 5.43. The van der Waals surface area contributed by atoms with E-state index in [2.05, 4.69) is 4.98 Å². The van der Waals surface area contributed by atoms with Gasteiger partial charge in [0.05, 0.1) is 11.7 Å². The van der Waals surface area contributed by atoms with E-state index in [9.17, 15) is 9.90 Å². The molecule has 0 unspecified atom stereocenters. The van der Waals surface area contributed by atoms with E-state index in [1.807, 2.05) is 0 Å². The normalized spacial score (nSPS) is 15.5. The second kappa shape index (κ2) is 3.33. The average molecular weight is 216 g/mol. The fraction of sp³-hybridized carbons (Fsp3) is 0.333. The predicted molar refractivity (Wildman–Crippen MR) is 60.4 cm³/mol. The van der Waals surface area contributed by atoms with Crippen LogP contribution in [0.15, 0.2) is 29.3 Å². The highest BCUT2D eigenvalue weighted by Gasteiger charge is 2.22. The zero-order valence-electron chi connectivity index (χ0n) is 8.76. The number of hydrogen-bond acceptors (Lipinski definition) is 3. The van der Waals surface area contributed by atoms with E-state index in [-0.39, 0.29) is 11.3 Å². The van der Waals surface area contributed by atoms with Crippen molar-refractivity contribution in [1.29, 1.82) is 0 Å². The maximum absolute atomic E-state index is 12.1. The van der Waals surface area contributed by atoms with Crippen LogP contribution in [0.4, 0.5) is 0 Å². The summed E-state index contributed by atoms with van der Waals surface area (Å²) >= 11 is 0. The topological polar surface area (TPSA) is 55.1 Å². The highest BCUT2D eigenvalue weighted by molar-refractivity contribution is 5.82. The molecule has 1 aromatic carbocycles. The number of benzene rings is 1. The molecule has 0 saturated heterocycles. The predicted octanol–water partition coefficient (Wildman–Crippen LogP) is 1.51. The Hall–Kier alpha value is -1.84. The lowest BCUT2D eigenvalue weighted by molar-refractivity contribution is 0.479. The smallest absolute Gasteiger partial charge is 0.261 e. The minimum Gasteiger partial charge on any atom is -0.506 e. The highest BCUT2D eigenvalue weighted by Crippen LogP contribution is 2.30. The molecule has 4 heteroatoms. The summed E-state index contributed by atoms with van der Waals surface area (Å²) in [4.78, 5) is 16.2. The summed E-state index contributed by atoms with van der Waals surface area (Å²) in [6.07, 6.45) is 3.93. The molecule has 0 radical (unpaired) electrons. The van der Waals surface area contributed by atoms with E-state index in [0.717, 1.165) is 6.54 Å². The number of phenols is 1. The minimum atomic E-state index is -0.0622. The number of phenolic OH excluding ortho intramolecular Hbond substituents is 1. The molecular weight excluding hydrogens is 204 g/mol. The first kappa shape index (κ1) is 9.39. The zero-order valence-corrected chi connectivity index (χ0v) is 8.76. The Bertz CT molecular complexity index is 599. The lowest BCUT2D eigenvalue weighted by atomic mass is 10.2. The van der Waals surface area contributed by atoms with Crippen LogP contribution < -0.4 is 5.56 Å². The van der Waals surface area contributed by atoms with E-state index < -0.39 is 0 Å². The summed E-state index contributed by atoms with van der Waals surface area (Å²) in [6.45, 7) is 0.747. The summed E-state index contributed by atoms with van der Waals surface area (Å²) in [6, 6.07) is 4.91. The van der Waals surface area contributed by atoms with Gasteiger partial charge in [0.1, 0.15) is 11.3 Å². The van der Waals surface area contributed by atoms with Crippen LogP contribution in [0.3, 0.4) is 0 Å². The van der Waals surface area contributed by atoms with Gasteiger partial charge in [0.2, 0.25) is 0 Å². The molecule has 1 saturated carbocycles. The van der Waals surface area contributed by atoms with Crippen molar-refractivity contribution in [3.63, 3.8) is 0 Å². The van der Waals surface area contributed by atoms with Gasteiger partial charge in [-0.25, -0.2) is 4.98 Å². The molecule has 1 fully saturated rings. The number of para-hydroxylation sites is 1. The Morgan fingerprint density at radius 1 is 1.44 bits per heavy atom. The Kier molecular flexibility index (Phi) is 1.96. The van der Waals surface area contributed by atoms with Crippen LogP contribution in [0.1, 0.15) is 12.8 Å². The van der Waals surface area contributed by atoms with Crippen molar-refractivity contribution in [1.82, 2.24) is 9.55 Å². The van der Waals surface area contributed by atoms with Crippen molar-refractivity contribution < 1.29 is 5.11 Å². The molecule has 1 heterocycles. The SMILES string of the molecule is O=c1c2cccc(O)c2ncn1CC1CC1. The van der Waals surface area contributed by atoms with E-state index >= 15 is 0 Å². The Labute approximate surface area is 92.2 Å². The number of aromatic hydroxyl groups is 1.